The lowest BCUT2D eigenvalue weighted by molar-refractivity contribution is -0.126. The summed E-state index contributed by atoms with van der Waals surface area (Å²) in [5, 5.41) is 6.19. The van der Waals surface area contributed by atoms with E-state index in [9.17, 15) is 9.59 Å². The average Bonchev–Trinajstić information content (AvgIpc) is 3.12. The Kier molecular flexibility index (Phi) is 8.18. The molecule has 32 heavy (non-hydrogen) atoms. The number of anilines is 1. The number of thiazole rings is 1. The van der Waals surface area contributed by atoms with Gasteiger partial charge in [-0.1, -0.05) is 12.1 Å². The lowest BCUT2D eigenvalue weighted by Crippen LogP contribution is -2.41. The third-order valence-electron chi connectivity index (χ3n) is 5.40. The summed E-state index contributed by atoms with van der Waals surface area (Å²) in [5.74, 6) is 0.0163. The van der Waals surface area contributed by atoms with E-state index in [1.807, 2.05) is 24.3 Å². The van der Waals surface area contributed by atoms with Crippen molar-refractivity contribution in [2.75, 3.05) is 25.5 Å². The van der Waals surface area contributed by atoms with Crippen molar-refractivity contribution in [3.05, 3.63) is 40.4 Å². The van der Waals surface area contributed by atoms with Gasteiger partial charge < -0.3 is 22.1 Å². The van der Waals surface area contributed by atoms with Crippen LogP contribution in [0.15, 0.2) is 29.3 Å². The van der Waals surface area contributed by atoms with Gasteiger partial charge in [0.25, 0.3) is 0 Å². The number of rotatable bonds is 8. The molecule has 172 valence electrons. The molecule has 0 spiro atoms. The number of aliphatic imine (C=N–C) groups is 1. The fraction of sp³-hybridized carbons (Fsp3) is 0.455. The standard InChI is InChI=1S/C22H31N7O2S/c1-14(30)26-22-28-18(10-7-15-5-8-17(9-6-15)27-21(23)24)19(32-22)13-29-11-3-4-16(12-29)20(31)25-2/h5-6,8-9,16H,3-4,7,10-13H2,1-2H3,(H,25,31)(H4,23,24,27)(H,26,28,30)/t16-/m1/s1. The van der Waals surface area contributed by atoms with Crippen molar-refractivity contribution < 1.29 is 9.59 Å². The highest BCUT2D eigenvalue weighted by Crippen LogP contribution is 2.28. The number of carbonyl (C=O) groups excluding carboxylic acids is 2. The van der Waals surface area contributed by atoms with Crippen LogP contribution in [0, 0.1) is 5.92 Å². The van der Waals surface area contributed by atoms with Crippen molar-refractivity contribution in [1.29, 1.82) is 0 Å². The zero-order valence-corrected chi connectivity index (χ0v) is 19.4. The summed E-state index contributed by atoms with van der Waals surface area (Å²) in [5.41, 5.74) is 13.7. The number of hydrogen-bond acceptors (Lipinski definition) is 6. The van der Waals surface area contributed by atoms with Crippen LogP contribution in [0.25, 0.3) is 0 Å². The molecule has 10 heteroatoms. The highest BCUT2D eigenvalue weighted by atomic mass is 32.1. The molecule has 1 aliphatic heterocycles. The predicted molar refractivity (Wildman–Crippen MR) is 128 cm³/mol. The first-order valence-corrected chi connectivity index (χ1v) is 11.5. The predicted octanol–water partition coefficient (Wildman–Crippen LogP) is 1.75. The van der Waals surface area contributed by atoms with E-state index in [0.29, 0.717) is 10.8 Å². The molecule has 6 N–H and O–H groups in total. The topological polar surface area (TPSA) is 139 Å². The number of benzene rings is 1. The van der Waals surface area contributed by atoms with Crippen LogP contribution < -0.4 is 22.1 Å². The summed E-state index contributed by atoms with van der Waals surface area (Å²) in [7, 11) is 1.69. The van der Waals surface area contributed by atoms with Gasteiger partial charge in [0.2, 0.25) is 11.8 Å². The van der Waals surface area contributed by atoms with Crippen LogP contribution in [0.2, 0.25) is 0 Å². The third kappa shape index (κ3) is 6.76. The average molecular weight is 458 g/mol. The van der Waals surface area contributed by atoms with Crippen LogP contribution in [0.4, 0.5) is 10.8 Å². The van der Waals surface area contributed by atoms with E-state index in [1.165, 1.54) is 18.3 Å². The Hall–Kier alpha value is -2.98. The van der Waals surface area contributed by atoms with E-state index in [0.717, 1.165) is 61.5 Å². The van der Waals surface area contributed by atoms with Crippen molar-refractivity contribution in [3.63, 3.8) is 0 Å². The Balaban J connectivity index is 1.70. The lowest BCUT2D eigenvalue weighted by atomic mass is 9.97. The van der Waals surface area contributed by atoms with E-state index < -0.39 is 0 Å². The van der Waals surface area contributed by atoms with E-state index in [2.05, 4.69) is 25.5 Å². The molecule has 1 aromatic heterocycles. The van der Waals surface area contributed by atoms with E-state index >= 15 is 0 Å². The van der Waals surface area contributed by atoms with Gasteiger partial charge in [-0.2, -0.15) is 0 Å². The van der Waals surface area contributed by atoms with Gasteiger partial charge in [-0.15, -0.1) is 11.3 Å². The Morgan fingerprint density at radius 2 is 2.00 bits per heavy atom. The van der Waals surface area contributed by atoms with Crippen molar-refractivity contribution in [3.8, 4) is 0 Å². The number of likely N-dealkylation sites (tertiary alicyclic amines) is 1. The maximum Gasteiger partial charge on any atom is 0.224 e. The quantitative estimate of drug-likeness (QED) is 0.352. The van der Waals surface area contributed by atoms with Crippen molar-refractivity contribution in [1.82, 2.24) is 15.2 Å². The van der Waals surface area contributed by atoms with Crippen molar-refractivity contribution >= 4 is 39.9 Å². The van der Waals surface area contributed by atoms with Gasteiger partial charge in [0.05, 0.1) is 17.3 Å². The first-order valence-electron chi connectivity index (χ1n) is 10.7. The molecule has 0 saturated carbocycles. The van der Waals surface area contributed by atoms with Crippen molar-refractivity contribution in [2.24, 2.45) is 22.4 Å². The summed E-state index contributed by atoms with van der Waals surface area (Å²) in [4.78, 5) is 35.8. The molecule has 9 nitrogen and oxygen atoms in total. The Morgan fingerprint density at radius 1 is 1.25 bits per heavy atom. The number of carbonyl (C=O) groups is 2. The highest BCUT2D eigenvalue weighted by molar-refractivity contribution is 7.15. The van der Waals surface area contributed by atoms with E-state index in [-0.39, 0.29) is 23.7 Å². The van der Waals surface area contributed by atoms with Crippen LogP contribution >= 0.6 is 11.3 Å². The minimum Gasteiger partial charge on any atom is -0.370 e. The number of aryl methyl sites for hydroxylation is 2. The number of nitrogens with zero attached hydrogens (tertiary/aromatic N) is 3. The largest absolute Gasteiger partial charge is 0.370 e. The second-order valence-electron chi connectivity index (χ2n) is 7.96. The SMILES string of the molecule is CNC(=O)[C@@H]1CCCN(Cc2sc(NC(C)=O)nc2CCc2ccc(N=C(N)N)cc2)C1. The maximum atomic E-state index is 12.1. The number of aromatic nitrogens is 1. The molecule has 2 amide bonds. The summed E-state index contributed by atoms with van der Waals surface area (Å²) < 4.78 is 0. The normalized spacial score (nSPS) is 16.4. The van der Waals surface area contributed by atoms with Crippen LogP contribution in [-0.4, -0.2) is 47.8 Å². The van der Waals surface area contributed by atoms with E-state index in [4.69, 9.17) is 11.5 Å². The lowest BCUT2D eigenvalue weighted by Gasteiger charge is -2.31. The summed E-state index contributed by atoms with van der Waals surface area (Å²) in [6, 6.07) is 7.76. The summed E-state index contributed by atoms with van der Waals surface area (Å²) in [6.07, 6.45) is 3.46. The van der Waals surface area contributed by atoms with E-state index in [1.54, 1.807) is 7.05 Å². The van der Waals surface area contributed by atoms with Gasteiger partial charge in [-0.3, -0.25) is 14.5 Å². The zero-order chi connectivity index (χ0) is 23.1. The number of nitrogens with one attached hydrogen (secondary N) is 2. The minimum atomic E-state index is -0.134. The van der Waals surface area contributed by atoms with Gasteiger partial charge in [-0.25, -0.2) is 9.98 Å². The molecule has 2 heterocycles. The van der Waals surface area contributed by atoms with Gasteiger partial charge in [0.1, 0.15) is 0 Å². The second kappa shape index (κ2) is 11.1. The number of piperidine rings is 1. The third-order valence-corrected chi connectivity index (χ3v) is 6.39. The number of amides is 2. The Morgan fingerprint density at radius 3 is 2.66 bits per heavy atom. The molecule has 3 rings (SSSR count). The number of hydrogen-bond donors (Lipinski definition) is 4. The molecule has 1 fully saturated rings. The smallest absolute Gasteiger partial charge is 0.224 e. The monoisotopic (exact) mass is 457 g/mol. The van der Waals surface area contributed by atoms with Gasteiger partial charge in [0.15, 0.2) is 11.1 Å². The molecule has 0 aliphatic carbocycles. The molecule has 1 saturated heterocycles. The van der Waals surface area contributed by atoms with Crippen molar-refractivity contribution in [2.45, 2.75) is 39.2 Å². The molecule has 0 bridgehead atoms. The Bertz CT molecular complexity index is 967. The Labute approximate surface area is 192 Å². The molecule has 2 aromatic rings. The highest BCUT2D eigenvalue weighted by Gasteiger charge is 2.26. The first-order chi connectivity index (χ1) is 15.3. The number of guanidine groups is 1. The molecule has 1 aromatic carbocycles. The first kappa shape index (κ1) is 23.7. The molecular formula is C22H31N7O2S. The second-order valence-corrected chi connectivity index (χ2v) is 9.05. The maximum absolute atomic E-state index is 12.1. The molecule has 0 radical (unpaired) electrons. The van der Waals surface area contributed by atoms with Gasteiger partial charge >= 0.3 is 0 Å². The van der Waals surface area contributed by atoms with Crippen LogP contribution in [0.1, 0.15) is 35.9 Å². The summed E-state index contributed by atoms with van der Waals surface area (Å²) in [6.45, 7) is 3.90. The fourth-order valence-corrected chi connectivity index (χ4v) is 4.97. The number of nitrogens with two attached hydrogens (primary N) is 2. The summed E-state index contributed by atoms with van der Waals surface area (Å²) >= 11 is 1.51. The molecule has 1 aliphatic rings. The fourth-order valence-electron chi connectivity index (χ4n) is 3.88. The molecule has 0 unspecified atom stereocenters. The van der Waals surface area contributed by atoms with Crippen LogP contribution in [0.3, 0.4) is 0 Å². The van der Waals surface area contributed by atoms with Crippen LogP contribution in [0.5, 0.6) is 0 Å². The van der Waals surface area contributed by atoms with Gasteiger partial charge in [-0.05, 0) is 49.9 Å². The van der Waals surface area contributed by atoms with Gasteiger partial charge in [0, 0.05) is 31.9 Å². The minimum absolute atomic E-state index is 0.0173. The zero-order valence-electron chi connectivity index (χ0n) is 18.6. The molecular weight excluding hydrogens is 426 g/mol. The molecule has 1 atom stereocenters. The van der Waals surface area contributed by atoms with Crippen LogP contribution in [-0.2, 0) is 29.0 Å².